The number of rotatable bonds is 7. The van der Waals surface area contributed by atoms with Crippen LogP contribution in [0.2, 0.25) is 0 Å². The van der Waals surface area contributed by atoms with Crippen LogP contribution in [-0.4, -0.2) is 56.3 Å². The highest BCUT2D eigenvalue weighted by molar-refractivity contribution is 5.80. The van der Waals surface area contributed by atoms with Gasteiger partial charge in [0.15, 0.2) is 5.69 Å². The molecule has 1 saturated carbocycles. The van der Waals surface area contributed by atoms with Crippen LogP contribution >= 0.6 is 0 Å². The number of alkyl halides is 5. The highest BCUT2D eigenvalue weighted by Crippen LogP contribution is 2.46. The Bertz CT molecular complexity index is 1560. The van der Waals surface area contributed by atoms with Crippen LogP contribution in [0.4, 0.5) is 27.6 Å². The van der Waals surface area contributed by atoms with Crippen LogP contribution in [0.25, 0.3) is 0 Å². The van der Waals surface area contributed by atoms with Crippen LogP contribution in [0.5, 0.6) is 11.6 Å². The van der Waals surface area contributed by atoms with Crippen molar-refractivity contribution in [1.29, 1.82) is 0 Å². The second kappa shape index (κ2) is 12.4. The number of carbonyl (C=O) groups excluding carboxylic acids is 1. The van der Waals surface area contributed by atoms with Crippen LogP contribution in [0.1, 0.15) is 55.2 Å². The van der Waals surface area contributed by atoms with E-state index in [0.717, 1.165) is 23.0 Å². The van der Waals surface area contributed by atoms with Crippen LogP contribution in [0.15, 0.2) is 65.7 Å². The number of likely N-dealkylation sites (tertiary alicyclic amines) is 1. The number of amides is 1. The largest absolute Gasteiger partial charge is 0.437 e. The van der Waals surface area contributed by atoms with Crippen LogP contribution in [0.3, 0.4) is 0 Å². The average molecular weight is 636 g/mol. The standard InChI is InChI=1S/C31H34F5N5O4/c32-30(33)11-10-22(23(16-30)19-4-2-1-3-5-19)27(42)40-14-12-29(44,13-15-40)17-41-18-39-26(24(37)28(41)43)45-21-8-6-20(7-9-21)25(38)31(34,35)36/h1-9,18,22-23,25,44H,10-17,37-38H2/t22-,23+,25?/m1/s1. The number of nitrogens with two attached hydrogens (primary N) is 2. The number of hydrogen-bond donors (Lipinski definition) is 3. The Kier molecular flexibility index (Phi) is 8.91. The maximum Gasteiger partial charge on any atom is 0.407 e. The minimum atomic E-state index is -4.61. The third-order valence-corrected chi connectivity index (χ3v) is 8.68. The van der Waals surface area contributed by atoms with Crippen molar-refractivity contribution in [3.8, 4) is 11.6 Å². The number of carbonyl (C=O) groups is 1. The van der Waals surface area contributed by atoms with Crippen LogP contribution in [-0.2, 0) is 11.3 Å². The van der Waals surface area contributed by atoms with E-state index >= 15 is 0 Å². The van der Waals surface area contributed by atoms with Crippen molar-refractivity contribution in [2.45, 2.75) is 68.3 Å². The monoisotopic (exact) mass is 635 g/mol. The molecule has 2 fully saturated rings. The molecule has 2 aromatic carbocycles. The number of benzene rings is 2. The summed E-state index contributed by atoms with van der Waals surface area (Å²) in [4.78, 5) is 32.2. The maximum atomic E-state index is 14.4. The van der Waals surface area contributed by atoms with Crippen molar-refractivity contribution in [2.75, 3.05) is 18.8 Å². The first kappa shape index (κ1) is 32.4. The molecular weight excluding hydrogens is 601 g/mol. The molecule has 5 N–H and O–H groups in total. The summed E-state index contributed by atoms with van der Waals surface area (Å²) in [5.74, 6) is -4.47. The number of aromatic nitrogens is 2. The fraction of sp³-hybridized carbons (Fsp3) is 0.452. The summed E-state index contributed by atoms with van der Waals surface area (Å²) in [6.45, 7) is 0.185. The molecule has 1 unspecified atom stereocenters. The Morgan fingerprint density at radius 1 is 1.07 bits per heavy atom. The normalized spacial score (nSPS) is 22.1. The van der Waals surface area contributed by atoms with E-state index in [2.05, 4.69) is 4.98 Å². The SMILES string of the molecule is Nc1c(Oc2ccc(C(N)C(F)(F)F)cc2)ncn(CC2(O)CCN(C(=O)[C@@H]3CCC(F)(F)C[C@H]3c3ccccc3)CC2)c1=O. The Labute approximate surface area is 255 Å². The molecule has 1 amide bonds. The molecule has 0 bridgehead atoms. The Morgan fingerprint density at radius 2 is 1.71 bits per heavy atom. The molecule has 2 heterocycles. The Balaban J connectivity index is 1.22. The quantitative estimate of drug-likeness (QED) is 0.319. The van der Waals surface area contributed by atoms with Gasteiger partial charge in [-0.25, -0.2) is 13.8 Å². The number of ether oxygens (including phenoxy) is 1. The van der Waals surface area contributed by atoms with Gasteiger partial charge in [0.25, 0.3) is 5.56 Å². The van der Waals surface area contributed by atoms with Crippen LogP contribution in [0, 0.1) is 5.92 Å². The van der Waals surface area contributed by atoms with Crippen molar-refractivity contribution in [1.82, 2.24) is 14.5 Å². The predicted molar refractivity (Wildman–Crippen MR) is 155 cm³/mol. The molecule has 1 aliphatic carbocycles. The first-order valence-electron chi connectivity index (χ1n) is 14.5. The molecule has 9 nitrogen and oxygen atoms in total. The lowest BCUT2D eigenvalue weighted by Crippen LogP contribution is -2.52. The lowest BCUT2D eigenvalue weighted by molar-refractivity contribution is -0.149. The van der Waals surface area contributed by atoms with Crippen molar-refractivity contribution in [3.63, 3.8) is 0 Å². The van der Waals surface area contributed by atoms with Gasteiger partial charge in [-0.3, -0.25) is 14.2 Å². The number of aliphatic hydroxyl groups is 1. The second-order valence-corrected chi connectivity index (χ2v) is 11.9. The van der Waals surface area contributed by atoms with E-state index in [4.69, 9.17) is 16.2 Å². The molecule has 2 aliphatic rings. The average Bonchev–Trinajstić information content (AvgIpc) is 3.00. The zero-order valence-corrected chi connectivity index (χ0v) is 24.2. The van der Waals surface area contributed by atoms with Gasteiger partial charge >= 0.3 is 6.18 Å². The predicted octanol–water partition coefficient (Wildman–Crippen LogP) is 4.75. The van der Waals surface area contributed by atoms with Crippen molar-refractivity contribution < 1.29 is 36.6 Å². The molecular formula is C31H34F5N5O4. The first-order valence-corrected chi connectivity index (χ1v) is 14.5. The summed E-state index contributed by atoms with van der Waals surface area (Å²) in [6, 6.07) is 11.5. The summed E-state index contributed by atoms with van der Waals surface area (Å²) in [6.07, 6.45) is -3.91. The van der Waals surface area contributed by atoms with Crippen molar-refractivity contribution >= 4 is 11.6 Å². The van der Waals surface area contributed by atoms with E-state index in [0.29, 0.717) is 5.56 Å². The molecule has 242 valence electrons. The smallest absolute Gasteiger partial charge is 0.407 e. The molecule has 14 heteroatoms. The summed E-state index contributed by atoms with van der Waals surface area (Å²) < 4.78 is 73.9. The van der Waals surface area contributed by atoms with E-state index in [-0.39, 0.29) is 74.1 Å². The van der Waals surface area contributed by atoms with Gasteiger partial charge in [0.2, 0.25) is 17.7 Å². The van der Waals surface area contributed by atoms with Gasteiger partial charge in [-0.05, 0) is 42.5 Å². The molecule has 1 aliphatic heterocycles. The maximum absolute atomic E-state index is 14.4. The summed E-state index contributed by atoms with van der Waals surface area (Å²) in [5.41, 5.74) is 9.25. The topological polar surface area (TPSA) is 137 Å². The lowest BCUT2D eigenvalue weighted by atomic mass is 9.73. The molecule has 3 atom stereocenters. The highest BCUT2D eigenvalue weighted by atomic mass is 19.4. The summed E-state index contributed by atoms with van der Waals surface area (Å²) in [7, 11) is 0. The van der Waals surface area contributed by atoms with Gasteiger partial charge in [-0.15, -0.1) is 0 Å². The third kappa shape index (κ3) is 7.28. The third-order valence-electron chi connectivity index (χ3n) is 8.68. The van der Waals surface area contributed by atoms with E-state index in [1.807, 2.05) is 0 Å². The zero-order valence-electron chi connectivity index (χ0n) is 24.2. The minimum absolute atomic E-state index is 0.0617. The molecule has 0 radical (unpaired) electrons. The molecule has 1 aromatic heterocycles. The summed E-state index contributed by atoms with van der Waals surface area (Å²) in [5, 5.41) is 11.3. The Hall–Kier alpha value is -4.04. The number of nitrogen functional groups attached to an aromatic ring is 1. The minimum Gasteiger partial charge on any atom is -0.437 e. The molecule has 1 saturated heterocycles. The van der Waals surface area contributed by atoms with E-state index in [1.165, 1.54) is 12.1 Å². The molecule has 3 aromatic rings. The van der Waals surface area contributed by atoms with Gasteiger partial charge < -0.3 is 26.2 Å². The van der Waals surface area contributed by atoms with Gasteiger partial charge in [0.1, 0.15) is 18.1 Å². The zero-order chi connectivity index (χ0) is 32.6. The number of hydrogen-bond acceptors (Lipinski definition) is 7. The molecule has 0 spiro atoms. The van der Waals surface area contributed by atoms with Gasteiger partial charge in [-0.1, -0.05) is 42.5 Å². The van der Waals surface area contributed by atoms with Crippen molar-refractivity contribution in [2.24, 2.45) is 11.7 Å². The summed E-state index contributed by atoms with van der Waals surface area (Å²) >= 11 is 0. The number of halogens is 5. The Morgan fingerprint density at radius 3 is 2.33 bits per heavy atom. The second-order valence-electron chi connectivity index (χ2n) is 11.9. The van der Waals surface area contributed by atoms with Gasteiger partial charge in [-0.2, -0.15) is 13.2 Å². The lowest BCUT2D eigenvalue weighted by Gasteiger charge is -2.42. The fourth-order valence-corrected chi connectivity index (χ4v) is 6.06. The fourth-order valence-electron chi connectivity index (χ4n) is 6.06. The van der Waals surface area contributed by atoms with Gasteiger partial charge in [0, 0.05) is 37.8 Å². The first-order chi connectivity index (χ1) is 21.2. The highest BCUT2D eigenvalue weighted by Gasteiger charge is 2.46. The molecule has 45 heavy (non-hydrogen) atoms. The molecule has 5 rings (SSSR count). The van der Waals surface area contributed by atoms with E-state index in [1.54, 1.807) is 35.2 Å². The number of anilines is 1. The van der Waals surface area contributed by atoms with Crippen molar-refractivity contribution in [3.05, 3.63) is 82.4 Å². The van der Waals surface area contributed by atoms with E-state index < -0.39 is 47.6 Å². The van der Waals surface area contributed by atoms with E-state index in [9.17, 15) is 36.6 Å². The van der Waals surface area contributed by atoms with Crippen LogP contribution < -0.4 is 21.8 Å². The number of nitrogens with zero attached hydrogens (tertiary/aromatic N) is 3. The number of piperidine rings is 1. The van der Waals surface area contributed by atoms with Gasteiger partial charge in [0.05, 0.1) is 12.1 Å².